The first-order valence-electron chi connectivity index (χ1n) is 14.8. The minimum atomic E-state index is -1.10. The van der Waals surface area contributed by atoms with E-state index in [2.05, 4.69) is 20.3 Å². The number of fused-ring (bicyclic) bond motifs is 1. The number of ketones is 1. The summed E-state index contributed by atoms with van der Waals surface area (Å²) in [5, 5.41) is 2.56. The molecule has 0 fully saturated rings. The average molecular weight is 677 g/mol. The number of ether oxygens (including phenoxy) is 1. The number of nitrogens with two attached hydrogens (primary N) is 1. The lowest BCUT2D eigenvalue weighted by atomic mass is 10.00. The zero-order valence-corrected chi connectivity index (χ0v) is 25.6. The Morgan fingerprint density at radius 3 is 2.53 bits per heavy atom. The van der Waals surface area contributed by atoms with Crippen molar-refractivity contribution in [3.63, 3.8) is 0 Å². The monoisotopic (exact) mass is 676 g/mol. The number of aromatic nitrogens is 4. The van der Waals surface area contributed by atoms with E-state index in [1.54, 1.807) is 6.07 Å². The van der Waals surface area contributed by atoms with E-state index in [1.165, 1.54) is 35.0 Å². The molecule has 1 atom stereocenters. The number of primary amides is 1. The minimum Gasteiger partial charge on any atom is -0.486 e. The number of nitrogens with zero attached hydrogens (tertiary/aromatic N) is 3. The van der Waals surface area contributed by atoms with Gasteiger partial charge in [-0.1, -0.05) is 12.1 Å². The van der Waals surface area contributed by atoms with Crippen molar-refractivity contribution in [2.75, 3.05) is 0 Å². The number of pyridine rings is 2. The zero-order valence-electron chi connectivity index (χ0n) is 25.6. The fourth-order valence-corrected chi connectivity index (χ4v) is 4.92. The summed E-state index contributed by atoms with van der Waals surface area (Å²) in [6, 6.07) is 9.32. The van der Waals surface area contributed by atoms with Gasteiger partial charge in [-0.15, -0.1) is 0 Å². The number of allylic oxidation sites excluding steroid dienone is 1. The number of amides is 2. The quantitative estimate of drug-likeness (QED) is 0.118. The molecule has 5 aromatic rings. The zero-order chi connectivity index (χ0) is 35.1. The van der Waals surface area contributed by atoms with E-state index in [0.717, 1.165) is 36.5 Å². The second-order valence-corrected chi connectivity index (χ2v) is 10.9. The van der Waals surface area contributed by atoms with Crippen LogP contribution in [-0.2, 0) is 29.2 Å². The van der Waals surface area contributed by atoms with Crippen molar-refractivity contribution in [2.24, 2.45) is 5.73 Å². The van der Waals surface area contributed by atoms with Gasteiger partial charge in [0, 0.05) is 35.9 Å². The third-order valence-corrected chi connectivity index (χ3v) is 7.31. The summed E-state index contributed by atoms with van der Waals surface area (Å²) >= 11 is 0. The van der Waals surface area contributed by atoms with Gasteiger partial charge < -0.3 is 25.3 Å². The third-order valence-electron chi connectivity index (χ3n) is 7.31. The number of rotatable bonds is 14. The molecule has 0 saturated heterocycles. The van der Waals surface area contributed by atoms with Gasteiger partial charge in [-0.2, -0.15) is 0 Å². The highest BCUT2D eigenvalue weighted by Crippen LogP contribution is 2.27. The summed E-state index contributed by atoms with van der Waals surface area (Å²) in [4.78, 5) is 61.7. The molecule has 252 valence electrons. The molecular weight excluding hydrogens is 648 g/mol. The third kappa shape index (κ3) is 8.82. The molecule has 3 heterocycles. The van der Waals surface area contributed by atoms with Crippen molar-refractivity contribution >= 4 is 28.6 Å². The van der Waals surface area contributed by atoms with Crippen molar-refractivity contribution in [3.8, 4) is 5.75 Å². The predicted molar refractivity (Wildman–Crippen MR) is 168 cm³/mol. The van der Waals surface area contributed by atoms with E-state index >= 15 is 0 Å². The molecule has 5 rings (SSSR count). The molecule has 0 aliphatic rings. The summed E-state index contributed by atoms with van der Waals surface area (Å²) < 4.78 is 62.0. The van der Waals surface area contributed by atoms with Gasteiger partial charge in [-0.05, 0) is 55.3 Å². The summed E-state index contributed by atoms with van der Waals surface area (Å²) in [7, 11) is 0. The van der Waals surface area contributed by atoms with Gasteiger partial charge in [0.1, 0.15) is 46.9 Å². The Bertz CT molecular complexity index is 2110. The van der Waals surface area contributed by atoms with E-state index in [4.69, 9.17) is 10.5 Å². The van der Waals surface area contributed by atoms with Gasteiger partial charge in [0.25, 0.3) is 11.5 Å². The molecule has 49 heavy (non-hydrogen) atoms. The van der Waals surface area contributed by atoms with Crippen LogP contribution in [0.1, 0.15) is 40.3 Å². The number of carbonyl (C=O) groups excluding carboxylic acids is 3. The molecule has 2 amide bonds. The van der Waals surface area contributed by atoms with E-state index in [-0.39, 0.29) is 71.8 Å². The first-order valence-corrected chi connectivity index (χ1v) is 14.8. The van der Waals surface area contributed by atoms with Gasteiger partial charge in [0.2, 0.25) is 5.91 Å². The van der Waals surface area contributed by atoms with Crippen LogP contribution in [0.3, 0.4) is 0 Å². The first kappa shape index (κ1) is 34.2. The van der Waals surface area contributed by atoms with Crippen LogP contribution < -0.4 is 21.3 Å². The van der Waals surface area contributed by atoms with Gasteiger partial charge >= 0.3 is 0 Å². The van der Waals surface area contributed by atoms with Crippen LogP contribution in [0.15, 0.2) is 83.9 Å². The van der Waals surface area contributed by atoms with Crippen LogP contribution in [0.2, 0.25) is 0 Å². The second-order valence-electron chi connectivity index (χ2n) is 10.9. The number of nitrogens with one attached hydrogen (secondary N) is 2. The molecular formula is C34H28F4N6O5. The lowest BCUT2D eigenvalue weighted by Crippen LogP contribution is -2.42. The summed E-state index contributed by atoms with van der Waals surface area (Å²) in [5.41, 5.74) is 5.04. The highest BCUT2D eigenvalue weighted by Gasteiger charge is 2.23. The molecule has 0 saturated carbocycles. The summed E-state index contributed by atoms with van der Waals surface area (Å²) in [5.74, 6) is -4.62. The molecule has 4 N–H and O–H groups in total. The van der Waals surface area contributed by atoms with Crippen LogP contribution in [0.5, 0.6) is 5.75 Å². The number of carbonyl (C=O) groups is 3. The molecule has 0 radical (unpaired) electrons. The molecule has 0 unspecified atom stereocenters. The molecule has 2 aromatic carbocycles. The summed E-state index contributed by atoms with van der Waals surface area (Å²) in [6.45, 7) is -0.441. The van der Waals surface area contributed by atoms with Crippen molar-refractivity contribution < 1.29 is 36.7 Å². The maximum Gasteiger partial charge on any atom is 0.270 e. The summed E-state index contributed by atoms with van der Waals surface area (Å²) in [6.07, 6.45) is 4.76. The van der Waals surface area contributed by atoms with Crippen molar-refractivity contribution in [2.45, 2.75) is 38.5 Å². The normalized spacial score (nSPS) is 11.9. The number of hydrogen-bond acceptors (Lipinski definition) is 7. The molecule has 0 spiro atoms. The van der Waals surface area contributed by atoms with E-state index in [0.29, 0.717) is 6.07 Å². The molecule has 3 aromatic heterocycles. The topological polar surface area (TPSA) is 162 Å². The number of aromatic amines is 1. The Morgan fingerprint density at radius 2 is 1.80 bits per heavy atom. The largest absolute Gasteiger partial charge is 0.486 e. The smallest absolute Gasteiger partial charge is 0.270 e. The van der Waals surface area contributed by atoms with Gasteiger partial charge in [0.15, 0.2) is 11.5 Å². The maximum atomic E-state index is 14.4. The highest BCUT2D eigenvalue weighted by atomic mass is 19.1. The molecule has 0 aliphatic carbocycles. The standard InChI is InChI=1S/C34H28F4N6O5/c35-21-8-7-20(24(38)13-21)18-49-29-15-23(37)14-27-32(29)43-31(41-27)17-44-11-3-4-19(34(44)48)12-28(45)25(5-1-2-6-30(39)46)42-33(47)26-10-9-22(36)16-40-26/h2-4,6-11,13-16,25H,1,5,12,17-18H2,(H2,39,46)(H,41,43)(H,42,47)/b6-2+/t25-/m0/s1. The fourth-order valence-electron chi connectivity index (χ4n) is 4.92. The van der Waals surface area contributed by atoms with Gasteiger partial charge in [-0.3, -0.25) is 19.2 Å². The highest BCUT2D eigenvalue weighted by molar-refractivity contribution is 5.97. The average Bonchev–Trinajstić information content (AvgIpc) is 3.46. The lowest BCUT2D eigenvalue weighted by Gasteiger charge is -2.17. The number of H-pyrrole nitrogens is 1. The molecule has 11 nitrogen and oxygen atoms in total. The van der Waals surface area contributed by atoms with Gasteiger partial charge in [0.05, 0.1) is 24.3 Å². The number of benzene rings is 2. The van der Waals surface area contributed by atoms with Gasteiger partial charge in [-0.25, -0.2) is 27.5 Å². The maximum absolute atomic E-state index is 14.4. The Hall–Kier alpha value is -6.12. The Morgan fingerprint density at radius 1 is 1.00 bits per heavy atom. The Kier molecular flexibility index (Phi) is 10.6. The van der Waals surface area contributed by atoms with E-state index < -0.39 is 52.5 Å². The number of hydrogen-bond donors (Lipinski definition) is 3. The minimum absolute atomic E-state index is 0.0116. The second kappa shape index (κ2) is 15.2. The number of imidazole rings is 1. The van der Waals surface area contributed by atoms with Crippen LogP contribution in [0.25, 0.3) is 11.0 Å². The van der Waals surface area contributed by atoms with Crippen LogP contribution in [0.4, 0.5) is 17.6 Å². The van der Waals surface area contributed by atoms with Crippen LogP contribution in [0, 0.1) is 23.3 Å². The Balaban J connectivity index is 1.33. The molecule has 0 bridgehead atoms. The SMILES string of the molecule is NC(=O)/C=C/CC[C@H](NC(=O)c1ccc(F)cn1)C(=O)Cc1cccn(Cc2nc3c(OCc4ccc(F)cc4F)cc(F)cc3[nH]2)c1=O. The van der Waals surface area contributed by atoms with Crippen molar-refractivity contribution in [1.82, 2.24) is 24.8 Å². The van der Waals surface area contributed by atoms with Crippen molar-refractivity contribution in [1.29, 1.82) is 0 Å². The van der Waals surface area contributed by atoms with Crippen LogP contribution in [-0.4, -0.2) is 43.2 Å². The Labute approximate surface area is 275 Å². The molecule has 0 aliphatic heterocycles. The van der Waals surface area contributed by atoms with E-state index in [1.807, 2.05) is 0 Å². The van der Waals surface area contributed by atoms with Crippen molar-refractivity contribution in [3.05, 3.63) is 135 Å². The number of halogens is 4. The van der Waals surface area contributed by atoms with E-state index in [9.17, 15) is 36.7 Å². The fraction of sp³-hybridized carbons (Fsp3) is 0.176. The lowest BCUT2D eigenvalue weighted by molar-refractivity contribution is -0.120. The molecule has 15 heteroatoms. The predicted octanol–water partition coefficient (Wildman–Crippen LogP) is 4.04. The first-order chi connectivity index (χ1) is 23.5. The van der Waals surface area contributed by atoms with Crippen LogP contribution >= 0.6 is 0 Å². The number of Topliss-reactive ketones (excluding diaryl/α,β-unsaturated/α-hetero) is 1.